The summed E-state index contributed by atoms with van der Waals surface area (Å²) in [5.74, 6) is 1.90. The molecule has 2 fully saturated rings. The quantitative estimate of drug-likeness (QED) is 0.835. The predicted molar refractivity (Wildman–Crippen MR) is 97.0 cm³/mol. The molecule has 4 heterocycles. The van der Waals surface area contributed by atoms with Crippen molar-refractivity contribution in [1.29, 1.82) is 0 Å². The minimum Gasteiger partial charge on any atom is -0.345 e. The number of nitrogens with zero attached hydrogens (tertiary/aromatic N) is 3. The zero-order valence-corrected chi connectivity index (χ0v) is 13.9. The number of carbonyl (C=O) groups is 1. The van der Waals surface area contributed by atoms with Crippen LogP contribution in [0, 0.1) is 11.8 Å². The third kappa shape index (κ3) is 2.36. The number of hydrogen-bond acceptors (Lipinski definition) is 4. The van der Waals surface area contributed by atoms with Gasteiger partial charge in [0.05, 0.1) is 17.1 Å². The van der Waals surface area contributed by atoms with Crippen molar-refractivity contribution in [3.63, 3.8) is 0 Å². The van der Waals surface area contributed by atoms with Gasteiger partial charge >= 0.3 is 0 Å². The van der Waals surface area contributed by atoms with Crippen LogP contribution in [-0.2, 0) is 4.79 Å². The van der Waals surface area contributed by atoms with Gasteiger partial charge in [-0.05, 0) is 30.0 Å². The second-order valence-electron chi connectivity index (χ2n) is 7.12. The molecule has 6 nitrogen and oxygen atoms in total. The molecule has 0 saturated carbocycles. The first-order valence-electron chi connectivity index (χ1n) is 8.84. The van der Waals surface area contributed by atoms with Gasteiger partial charge in [0, 0.05) is 31.9 Å². The van der Waals surface area contributed by atoms with Gasteiger partial charge in [-0.1, -0.05) is 24.3 Å². The Morgan fingerprint density at radius 2 is 2.12 bits per heavy atom. The Hall–Kier alpha value is -2.60. The fourth-order valence-corrected chi connectivity index (χ4v) is 4.53. The number of nitrogens with one attached hydrogen (secondary N) is 2. The summed E-state index contributed by atoms with van der Waals surface area (Å²) >= 11 is 0. The van der Waals surface area contributed by atoms with E-state index in [0.29, 0.717) is 17.9 Å². The lowest BCUT2D eigenvalue weighted by Gasteiger charge is -2.35. The number of aromatic amines is 1. The highest BCUT2D eigenvalue weighted by molar-refractivity contribution is 5.77. The molecule has 128 valence electrons. The zero-order valence-electron chi connectivity index (χ0n) is 13.9. The molecule has 1 aromatic heterocycles. The molecule has 4 unspecified atom stereocenters. The molecule has 0 spiro atoms. The second kappa shape index (κ2) is 5.74. The summed E-state index contributed by atoms with van der Waals surface area (Å²) in [6.07, 6.45) is 9.46. The molecule has 2 saturated heterocycles. The first kappa shape index (κ1) is 14.7. The van der Waals surface area contributed by atoms with Crippen molar-refractivity contribution < 1.29 is 4.79 Å². The van der Waals surface area contributed by atoms with Crippen LogP contribution < -0.4 is 10.2 Å². The number of H-pyrrole nitrogens is 1. The van der Waals surface area contributed by atoms with Crippen molar-refractivity contribution >= 4 is 23.4 Å². The lowest BCUT2D eigenvalue weighted by Crippen LogP contribution is -2.49. The van der Waals surface area contributed by atoms with E-state index in [1.807, 2.05) is 35.2 Å². The topological polar surface area (TPSA) is 64.3 Å². The van der Waals surface area contributed by atoms with E-state index in [4.69, 9.17) is 4.98 Å². The number of likely N-dealkylation sites (tertiary alicyclic amines) is 1. The van der Waals surface area contributed by atoms with Crippen LogP contribution in [0.25, 0.3) is 11.0 Å². The summed E-state index contributed by atoms with van der Waals surface area (Å²) in [5, 5.41) is 3.70. The van der Waals surface area contributed by atoms with Crippen molar-refractivity contribution in [2.24, 2.45) is 11.8 Å². The minimum absolute atomic E-state index is 0.187. The van der Waals surface area contributed by atoms with Gasteiger partial charge in [-0.15, -0.1) is 0 Å². The number of carbonyl (C=O) groups excluding carboxylic acids is 1. The lowest BCUT2D eigenvalue weighted by atomic mass is 9.88. The molecular weight excluding hydrogens is 314 g/mol. The fourth-order valence-electron chi connectivity index (χ4n) is 4.53. The maximum Gasteiger partial charge on any atom is 0.209 e. The first-order valence-corrected chi connectivity index (χ1v) is 8.84. The molecular formula is C19H21N5O. The molecule has 1 amide bonds. The van der Waals surface area contributed by atoms with E-state index in [-0.39, 0.29) is 6.04 Å². The van der Waals surface area contributed by atoms with Gasteiger partial charge in [-0.2, -0.15) is 0 Å². The van der Waals surface area contributed by atoms with Gasteiger partial charge in [0.25, 0.3) is 0 Å². The highest BCUT2D eigenvalue weighted by Gasteiger charge is 2.46. The number of hydrogen-bond donors (Lipinski definition) is 2. The Bertz CT molecular complexity index is 823. The van der Waals surface area contributed by atoms with Gasteiger partial charge in [-0.3, -0.25) is 4.79 Å². The predicted octanol–water partition coefficient (Wildman–Crippen LogP) is 1.50. The average Bonchev–Trinajstić information content (AvgIpc) is 3.34. The number of aromatic nitrogens is 2. The van der Waals surface area contributed by atoms with Crippen molar-refractivity contribution in [3.8, 4) is 0 Å². The molecule has 3 aliphatic rings. The normalized spacial score (nSPS) is 31.0. The summed E-state index contributed by atoms with van der Waals surface area (Å²) in [6.45, 7) is 2.68. The number of imidazole rings is 1. The van der Waals surface area contributed by atoms with Gasteiger partial charge in [-0.25, -0.2) is 4.98 Å². The third-order valence-electron chi connectivity index (χ3n) is 5.72. The van der Waals surface area contributed by atoms with Crippen LogP contribution in [0.1, 0.15) is 0 Å². The van der Waals surface area contributed by atoms with E-state index < -0.39 is 0 Å². The van der Waals surface area contributed by atoms with Gasteiger partial charge < -0.3 is 20.1 Å². The molecule has 0 bridgehead atoms. The van der Waals surface area contributed by atoms with Gasteiger partial charge in [0.1, 0.15) is 0 Å². The molecule has 5 rings (SSSR count). The van der Waals surface area contributed by atoms with Crippen molar-refractivity contribution in [2.45, 2.75) is 12.1 Å². The van der Waals surface area contributed by atoms with Crippen LogP contribution in [0.4, 0.5) is 5.95 Å². The average molecular weight is 335 g/mol. The lowest BCUT2D eigenvalue weighted by molar-refractivity contribution is -0.117. The number of anilines is 1. The Morgan fingerprint density at radius 1 is 1.20 bits per heavy atom. The Balaban J connectivity index is 1.46. The maximum atomic E-state index is 11.2. The van der Waals surface area contributed by atoms with Gasteiger partial charge in [0.15, 0.2) is 0 Å². The van der Waals surface area contributed by atoms with Crippen LogP contribution in [0.15, 0.2) is 48.7 Å². The van der Waals surface area contributed by atoms with E-state index in [0.717, 1.165) is 43.0 Å². The Morgan fingerprint density at radius 3 is 3.00 bits per heavy atom. The number of amides is 1. The molecule has 1 aromatic carbocycles. The smallest absolute Gasteiger partial charge is 0.209 e. The standard InChI is InChI=1S/C19H21N5O/c25-12-23-10-13-9-20-18(14(13)11-23)17-7-3-4-8-24(17)19-21-15-5-1-2-6-16(15)22-19/h1-8,12-14,17-18,20H,9-11H2,(H,21,22). The third-order valence-corrected chi connectivity index (χ3v) is 5.72. The van der Waals surface area contributed by atoms with Crippen molar-refractivity contribution in [1.82, 2.24) is 20.2 Å². The molecule has 25 heavy (non-hydrogen) atoms. The van der Waals surface area contributed by atoms with E-state index in [2.05, 4.69) is 33.6 Å². The highest BCUT2D eigenvalue weighted by Crippen LogP contribution is 2.35. The largest absolute Gasteiger partial charge is 0.345 e. The van der Waals surface area contributed by atoms with E-state index >= 15 is 0 Å². The molecule has 2 aromatic rings. The van der Waals surface area contributed by atoms with Crippen molar-refractivity contribution in [3.05, 3.63) is 48.7 Å². The molecule has 6 heteroatoms. The zero-order chi connectivity index (χ0) is 16.8. The summed E-state index contributed by atoms with van der Waals surface area (Å²) in [5.41, 5.74) is 2.02. The molecule has 3 aliphatic heterocycles. The number of fused-ring (bicyclic) bond motifs is 2. The number of para-hydroxylation sites is 2. The van der Waals surface area contributed by atoms with E-state index in [1.54, 1.807) is 0 Å². The van der Waals surface area contributed by atoms with Crippen molar-refractivity contribution in [2.75, 3.05) is 24.5 Å². The van der Waals surface area contributed by atoms with Crippen LogP contribution in [0.2, 0.25) is 0 Å². The molecule has 2 N–H and O–H groups in total. The Labute approximate surface area is 146 Å². The SMILES string of the molecule is O=CN1CC2CNC(C3C=CC=CN3c3nc4ccccc4[nH]3)C2C1. The van der Waals surface area contributed by atoms with E-state index in [1.165, 1.54) is 0 Å². The summed E-state index contributed by atoms with van der Waals surface area (Å²) in [7, 11) is 0. The first-order chi connectivity index (χ1) is 12.3. The van der Waals surface area contributed by atoms with Crippen LogP contribution >= 0.6 is 0 Å². The Kier molecular flexibility index (Phi) is 3.38. The molecule has 0 aliphatic carbocycles. The van der Waals surface area contributed by atoms with Gasteiger partial charge in [0.2, 0.25) is 12.4 Å². The van der Waals surface area contributed by atoms with E-state index in [9.17, 15) is 4.79 Å². The maximum absolute atomic E-state index is 11.2. The number of rotatable bonds is 3. The van der Waals surface area contributed by atoms with Crippen LogP contribution in [-0.4, -0.2) is 53.0 Å². The summed E-state index contributed by atoms with van der Waals surface area (Å²) in [6, 6.07) is 8.59. The highest BCUT2D eigenvalue weighted by atomic mass is 16.1. The molecule has 0 radical (unpaired) electrons. The monoisotopic (exact) mass is 335 g/mol. The summed E-state index contributed by atoms with van der Waals surface area (Å²) < 4.78 is 0. The molecule has 4 atom stereocenters. The minimum atomic E-state index is 0.187. The number of allylic oxidation sites excluding steroid dienone is 2. The number of benzene rings is 1. The van der Waals surface area contributed by atoms with Crippen LogP contribution in [0.5, 0.6) is 0 Å². The summed E-state index contributed by atoms with van der Waals surface area (Å²) in [4.78, 5) is 23.5. The second-order valence-corrected chi connectivity index (χ2v) is 7.12. The fraction of sp³-hybridized carbons (Fsp3) is 0.368. The van der Waals surface area contributed by atoms with Crippen LogP contribution in [0.3, 0.4) is 0 Å².